The predicted octanol–water partition coefficient (Wildman–Crippen LogP) is 4.56. The fourth-order valence-corrected chi connectivity index (χ4v) is 2.76. The zero-order valence-electron chi connectivity index (χ0n) is 17.5. The van der Waals surface area contributed by atoms with Crippen molar-refractivity contribution in [3.63, 3.8) is 0 Å². The Balaban J connectivity index is 1.62. The number of anilines is 2. The van der Waals surface area contributed by atoms with Crippen molar-refractivity contribution in [2.75, 3.05) is 31.1 Å². The van der Waals surface area contributed by atoms with Gasteiger partial charge in [0.1, 0.15) is 5.75 Å². The lowest BCUT2D eigenvalue weighted by molar-refractivity contribution is -0.118. The third-order valence-electron chi connectivity index (χ3n) is 4.19. The second kappa shape index (κ2) is 11.3. The molecule has 0 aliphatic heterocycles. The Morgan fingerprint density at radius 2 is 1.71 bits per heavy atom. The van der Waals surface area contributed by atoms with Gasteiger partial charge in [-0.1, -0.05) is 30.3 Å². The van der Waals surface area contributed by atoms with E-state index in [0.717, 1.165) is 11.3 Å². The molecule has 3 aromatic carbocycles. The van der Waals surface area contributed by atoms with E-state index in [1.165, 1.54) is 0 Å². The van der Waals surface area contributed by atoms with Crippen LogP contribution in [0.25, 0.3) is 0 Å². The molecule has 0 saturated carbocycles. The van der Waals surface area contributed by atoms with Crippen molar-refractivity contribution < 1.29 is 19.0 Å². The number of carbonyl (C=O) groups excluding carboxylic acids is 1. The first-order valence-corrected chi connectivity index (χ1v) is 9.86. The summed E-state index contributed by atoms with van der Waals surface area (Å²) >= 11 is 0. The summed E-state index contributed by atoms with van der Waals surface area (Å²) in [4.78, 5) is 12.3. The van der Waals surface area contributed by atoms with Crippen LogP contribution in [0.2, 0.25) is 0 Å². The van der Waals surface area contributed by atoms with Crippen LogP contribution in [0.1, 0.15) is 12.5 Å². The van der Waals surface area contributed by atoms with Crippen LogP contribution in [-0.2, 0) is 4.79 Å². The van der Waals surface area contributed by atoms with Gasteiger partial charge in [-0.05, 0) is 55.0 Å². The summed E-state index contributed by atoms with van der Waals surface area (Å²) in [6.45, 7) is 2.18. The van der Waals surface area contributed by atoms with E-state index in [1.807, 2.05) is 61.5 Å². The van der Waals surface area contributed by atoms with Gasteiger partial charge in [0.15, 0.2) is 18.1 Å². The second-order valence-electron chi connectivity index (χ2n) is 6.41. The van der Waals surface area contributed by atoms with Crippen molar-refractivity contribution in [1.82, 2.24) is 0 Å². The number of amides is 1. The summed E-state index contributed by atoms with van der Waals surface area (Å²) in [6.07, 6.45) is 1.69. The molecule has 0 saturated heterocycles. The molecule has 31 heavy (non-hydrogen) atoms. The Morgan fingerprint density at radius 3 is 2.48 bits per heavy atom. The number of benzene rings is 3. The molecule has 160 valence electrons. The Hall–Kier alpha value is -4.00. The third kappa shape index (κ3) is 6.50. The number of hydrazone groups is 1. The van der Waals surface area contributed by atoms with Crippen molar-refractivity contribution >= 4 is 23.5 Å². The fourth-order valence-electron chi connectivity index (χ4n) is 2.76. The Labute approximate surface area is 181 Å². The molecule has 0 spiro atoms. The van der Waals surface area contributed by atoms with Crippen LogP contribution < -0.4 is 25.0 Å². The van der Waals surface area contributed by atoms with Gasteiger partial charge in [0.05, 0.1) is 31.3 Å². The summed E-state index contributed by atoms with van der Waals surface area (Å²) in [5.41, 5.74) is 5.27. The van der Waals surface area contributed by atoms with E-state index in [2.05, 4.69) is 15.8 Å². The second-order valence-corrected chi connectivity index (χ2v) is 6.41. The number of nitrogens with zero attached hydrogens (tertiary/aromatic N) is 1. The SMILES string of the molecule is CCOc1cc(/C=N/Nc2ccccc2)ccc1OCC(=O)Nc1ccccc1OC. The zero-order valence-corrected chi connectivity index (χ0v) is 17.5. The number of hydrogen-bond donors (Lipinski definition) is 2. The average molecular weight is 419 g/mol. The Bertz CT molecular complexity index is 1020. The van der Waals surface area contributed by atoms with E-state index in [0.29, 0.717) is 29.5 Å². The van der Waals surface area contributed by atoms with Gasteiger partial charge in [-0.15, -0.1) is 0 Å². The van der Waals surface area contributed by atoms with Crippen LogP contribution in [0, 0.1) is 0 Å². The van der Waals surface area contributed by atoms with Gasteiger partial charge in [-0.3, -0.25) is 10.2 Å². The van der Waals surface area contributed by atoms with Crippen LogP contribution in [0.3, 0.4) is 0 Å². The van der Waals surface area contributed by atoms with Crippen LogP contribution in [0.15, 0.2) is 77.9 Å². The van der Waals surface area contributed by atoms with E-state index in [-0.39, 0.29) is 12.5 Å². The molecular weight excluding hydrogens is 394 g/mol. The van der Waals surface area contributed by atoms with Gasteiger partial charge in [-0.2, -0.15) is 5.10 Å². The maximum atomic E-state index is 12.3. The van der Waals surface area contributed by atoms with Crippen LogP contribution in [0.4, 0.5) is 11.4 Å². The summed E-state index contributed by atoms with van der Waals surface area (Å²) in [5, 5.41) is 7.01. The van der Waals surface area contributed by atoms with E-state index in [9.17, 15) is 4.79 Å². The van der Waals surface area contributed by atoms with E-state index < -0.39 is 0 Å². The molecule has 0 aliphatic carbocycles. The molecule has 1 amide bonds. The highest BCUT2D eigenvalue weighted by molar-refractivity contribution is 5.93. The third-order valence-corrected chi connectivity index (χ3v) is 4.19. The number of para-hydroxylation sites is 3. The van der Waals surface area contributed by atoms with Gasteiger partial charge in [0.25, 0.3) is 5.91 Å². The molecule has 0 bridgehead atoms. The zero-order chi connectivity index (χ0) is 21.9. The molecule has 2 N–H and O–H groups in total. The van der Waals surface area contributed by atoms with Gasteiger partial charge in [0.2, 0.25) is 0 Å². The number of hydrogen-bond acceptors (Lipinski definition) is 6. The van der Waals surface area contributed by atoms with E-state index in [1.54, 1.807) is 31.5 Å². The quantitative estimate of drug-likeness (QED) is 0.372. The Kier molecular flexibility index (Phi) is 7.88. The lowest BCUT2D eigenvalue weighted by Gasteiger charge is -2.13. The molecule has 3 rings (SSSR count). The molecule has 0 atom stereocenters. The minimum absolute atomic E-state index is 0.166. The van der Waals surface area contributed by atoms with Crippen molar-refractivity contribution in [2.24, 2.45) is 5.10 Å². The highest BCUT2D eigenvalue weighted by Gasteiger charge is 2.11. The first-order chi connectivity index (χ1) is 15.2. The minimum Gasteiger partial charge on any atom is -0.495 e. The highest BCUT2D eigenvalue weighted by atomic mass is 16.5. The summed E-state index contributed by atoms with van der Waals surface area (Å²) in [5.74, 6) is 1.30. The number of nitrogens with one attached hydrogen (secondary N) is 2. The molecule has 7 nitrogen and oxygen atoms in total. The topological polar surface area (TPSA) is 81.2 Å². The first-order valence-electron chi connectivity index (χ1n) is 9.86. The lowest BCUT2D eigenvalue weighted by atomic mass is 10.2. The molecule has 0 aromatic heterocycles. The van der Waals surface area contributed by atoms with Gasteiger partial charge >= 0.3 is 0 Å². The van der Waals surface area contributed by atoms with E-state index in [4.69, 9.17) is 14.2 Å². The van der Waals surface area contributed by atoms with Crippen molar-refractivity contribution in [2.45, 2.75) is 6.92 Å². The molecular formula is C24H25N3O4. The maximum Gasteiger partial charge on any atom is 0.262 e. The van der Waals surface area contributed by atoms with E-state index >= 15 is 0 Å². The largest absolute Gasteiger partial charge is 0.495 e. The normalized spacial score (nSPS) is 10.5. The summed E-state index contributed by atoms with van der Waals surface area (Å²) in [7, 11) is 1.55. The standard InChI is InChI=1S/C24H25N3O4/c1-3-30-23-15-18(16-25-27-19-9-5-4-6-10-19)13-14-22(23)31-17-24(28)26-20-11-7-8-12-21(20)29-2/h4-16,27H,3,17H2,1-2H3,(H,26,28)/b25-16+. The lowest BCUT2D eigenvalue weighted by Crippen LogP contribution is -2.20. The number of rotatable bonds is 10. The number of ether oxygens (including phenoxy) is 3. The molecule has 3 aromatic rings. The maximum absolute atomic E-state index is 12.3. The molecule has 7 heteroatoms. The molecule has 0 radical (unpaired) electrons. The smallest absolute Gasteiger partial charge is 0.262 e. The van der Waals surface area contributed by atoms with Crippen molar-refractivity contribution in [3.8, 4) is 17.2 Å². The monoisotopic (exact) mass is 419 g/mol. The van der Waals surface area contributed by atoms with Crippen LogP contribution >= 0.6 is 0 Å². The van der Waals surface area contributed by atoms with Gasteiger partial charge < -0.3 is 19.5 Å². The Morgan fingerprint density at radius 1 is 0.935 bits per heavy atom. The van der Waals surface area contributed by atoms with Crippen molar-refractivity contribution in [1.29, 1.82) is 0 Å². The van der Waals surface area contributed by atoms with Gasteiger partial charge in [-0.25, -0.2) is 0 Å². The average Bonchev–Trinajstić information content (AvgIpc) is 2.80. The van der Waals surface area contributed by atoms with Crippen molar-refractivity contribution in [3.05, 3.63) is 78.4 Å². The van der Waals surface area contributed by atoms with Crippen LogP contribution in [-0.4, -0.2) is 32.4 Å². The fraction of sp³-hybridized carbons (Fsp3) is 0.167. The van der Waals surface area contributed by atoms with Gasteiger partial charge in [0, 0.05) is 0 Å². The van der Waals surface area contributed by atoms with Crippen LogP contribution in [0.5, 0.6) is 17.2 Å². The molecule has 0 fully saturated rings. The molecule has 0 heterocycles. The summed E-state index contributed by atoms with van der Waals surface area (Å²) < 4.78 is 16.6. The highest BCUT2D eigenvalue weighted by Crippen LogP contribution is 2.28. The molecule has 0 aliphatic rings. The number of methoxy groups -OCH3 is 1. The first kappa shape index (κ1) is 21.7. The number of carbonyl (C=O) groups is 1. The minimum atomic E-state index is -0.301. The summed E-state index contributed by atoms with van der Waals surface area (Å²) in [6, 6.07) is 22.3. The molecule has 0 unspecified atom stereocenters. The predicted molar refractivity (Wildman–Crippen MR) is 122 cm³/mol.